The van der Waals surface area contributed by atoms with Crippen LogP contribution in [0, 0.1) is 0 Å². The summed E-state index contributed by atoms with van der Waals surface area (Å²) in [6.07, 6.45) is 3.08. The molecular weight excluding hydrogens is 279 g/mol. The molecule has 0 bridgehead atoms. The second kappa shape index (κ2) is 5.87. The van der Waals surface area contributed by atoms with Crippen molar-refractivity contribution in [3.05, 3.63) is 24.3 Å². The van der Waals surface area contributed by atoms with Gasteiger partial charge in [-0.25, -0.2) is 0 Å². The third kappa shape index (κ3) is 3.17. The summed E-state index contributed by atoms with van der Waals surface area (Å²) in [5.74, 6) is 0.805. The Morgan fingerprint density at radius 1 is 1.09 bits per heavy atom. The van der Waals surface area contributed by atoms with Crippen molar-refractivity contribution in [1.82, 2.24) is 0 Å². The maximum absolute atomic E-state index is 6.09. The Bertz CT molecular complexity index is 507. The standard InChI is InChI=1S/C17H25BO4/c1-16(2)17(3,4)22-18(21-16)13-8-7-9-14(12-13)20-15-10-5-6-11-19-15/h7-9,12,15H,5-6,10-11H2,1-4H3/t15-/m0/s1. The van der Waals surface area contributed by atoms with E-state index in [4.69, 9.17) is 18.8 Å². The highest BCUT2D eigenvalue weighted by Gasteiger charge is 2.51. The Balaban J connectivity index is 1.72. The average molecular weight is 304 g/mol. The van der Waals surface area contributed by atoms with Crippen molar-refractivity contribution in [2.75, 3.05) is 6.61 Å². The monoisotopic (exact) mass is 304 g/mol. The maximum Gasteiger partial charge on any atom is 0.494 e. The van der Waals surface area contributed by atoms with Crippen LogP contribution in [0.2, 0.25) is 0 Å². The van der Waals surface area contributed by atoms with Crippen molar-refractivity contribution in [3.8, 4) is 5.75 Å². The fourth-order valence-electron chi connectivity index (χ4n) is 2.67. The zero-order valence-corrected chi connectivity index (χ0v) is 13.9. The van der Waals surface area contributed by atoms with E-state index in [-0.39, 0.29) is 24.6 Å². The van der Waals surface area contributed by atoms with Crippen LogP contribution in [0.4, 0.5) is 0 Å². The maximum atomic E-state index is 6.09. The van der Waals surface area contributed by atoms with Crippen LogP contribution in [-0.2, 0) is 14.0 Å². The number of hydrogen-bond donors (Lipinski definition) is 0. The summed E-state index contributed by atoms with van der Waals surface area (Å²) in [7, 11) is -0.360. The van der Waals surface area contributed by atoms with Crippen LogP contribution in [0.15, 0.2) is 24.3 Å². The molecule has 0 spiro atoms. The van der Waals surface area contributed by atoms with Crippen LogP contribution in [-0.4, -0.2) is 31.2 Å². The van der Waals surface area contributed by atoms with Gasteiger partial charge >= 0.3 is 7.12 Å². The molecule has 0 saturated carbocycles. The third-order valence-corrected chi connectivity index (χ3v) is 4.79. The number of hydrogen-bond acceptors (Lipinski definition) is 4. The van der Waals surface area contributed by atoms with Crippen molar-refractivity contribution in [2.45, 2.75) is 64.4 Å². The van der Waals surface area contributed by atoms with E-state index in [1.54, 1.807) is 0 Å². The lowest BCUT2D eigenvalue weighted by molar-refractivity contribution is -0.105. The Morgan fingerprint density at radius 3 is 2.45 bits per heavy atom. The molecule has 0 radical (unpaired) electrons. The molecule has 22 heavy (non-hydrogen) atoms. The largest absolute Gasteiger partial charge is 0.494 e. The predicted molar refractivity (Wildman–Crippen MR) is 86.4 cm³/mol. The van der Waals surface area contributed by atoms with Crippen molar-refractivity contribution >= 4 is 12.6 Å². The number of benzene rings is 1. The molecule has 0 amide bonds. The first kappa shape index (κ1) is 15.8. The van der Waals surface area contributed by atoms with Crippen molar-refractivity contribution in [1.29, 1.82) is 0 Å². The lowest BCUT2D eigenvalue weighted by atomic mass is 9.79. The molecule has 0 aromatic heterocycles. The quantitative estimate of drug-likeness (QED) is 0.805. The summed E-state index contributed by atoms with van der Waals surface area (Å²) in [5.41, 5.74) is 0.314. The summed E-state index contributed by atoms with van der Waals surface area (Å²) in [6.45, 7) is 9.01. The smallest absolute Gasteiger partial charge is 0.465 e. The second-order valence-electron chi connectivity index (χ2n) is 7.07. The first-order valence-corrected chi connectivity index (χ1v) is 8.11. The van der Waals surface area contributed by atoms with E-state index in [0.29, 0.717) is 0 Å². The molecule has 2 aliphatic rings. The molecule has 0 aliphatic carbocycles. The molecule has 120 valence electrons. The average Bonchev–Trinajstić information content (AvgIpc) is 2.69. The lowest BCUT2D eigenvalue weighted by Crippen LogP contribution is -2.41. The molecule has 2 heterocycles. The molecule has 1 aromatic rings. The topological polar surface area (TPSA) is 36.9 Å². The molecule has 2 saturated heterocycles. The van der Waals surface area contributed by atoms with E-state index < -0.39 is 0 Å². The molecule has 1 atom stereocenters. The van der Waals surface area contributed by atoms with Crippen LogP contribution in [0.5, 0.6) is 5.75 Å². The zero-order chi connectivity index (χ0) is 15.8. The van der Waals surface area contributed by atoms with Gasteiger partial charge < -0.3 is 18.8 Å². The SMILES string of the molecule is CC1(C)OB(c2cccc(O[C@H]3CCCCO3)c2)OC1(C)C. The van der Waals surface area contributed by atoms with E-state index >= 15 is 0 Å². The predicted octanol–water partition coefficient (Wildman–Crippen LogP) is 2.89. The summed E-state index contributed by atoms with van der Waals surface area (Å²) < 4.78 is 23.7. The van der Waals surface area contributed by atoms with E-state index in [0.717, 1.165) is 37.1 Å². The molecule has 3 rings (SSSR count). The molecule has 1 aromatic carbocycles. The van der Waals surface area contributed by atoms with Crippen LogP contribution >= 0.6 is 0 Å². The lowest BCUT2D eigenvalue weighted by Gasteiger charge is -2.32. The Labute approximate surface area is 133 Å². The molecule has 0 unspecified atom stereocenters. The zero-order valence-electron chi connectivity index (χ0n) is 13.9. The number of ether oxygens (including phenoxy) is 2. The van der Waals surface area contributed by atoms with Gasteiger partial charge in [-0.2, -0.15) is 0 Å². The van der Waals surface area contributed by atoms with E-state index in [9.17, 15) is 0 Å². The van der Waals surface area contributed by atoms with E-state index in [1.165, 1.54) is 0 Å². The van der Waals surface area contributed by atoms with Crippen LogP contribution < -0.4 is 10.2 Å². The van der Waals surface area contributed by atoms with Crippen molar-refractivity contribution in [2.24, 2.45) is 0 Å². The number of rotatable bonds is 3. The van der Waals surface area contributed by atoms with Gasteiger partial charge in [0.2, 0.25) is 0 Å². The van der Waals surface area contributed by atoms with Gasteiger partial charge in [0.25, 0.3) is 0 Å². The van der Waals surface area contributed by atoms with Gasteiger partial charge in [-0.05, 0) is 58.1 Å². The minimum absolute atomic E-state index is 0.137. The van der Waals surface area contributed by atoms with Crippen LogP contribution in [0.25, 0.3) is 0 Å². The van der Waals surface area contributed by atoms with E-state index in [1.807, 2.05) is 24.3 Å². The first-order chi connectivity index (χ1) is 10.4. The molecule has 2 fully saturated rings. The van der Waals surface area contributed by atoms with Gasteiger partial charge in [-0.15, -0.1) is 0 Å². The van der Waals surface area contributed by atoms with Gasteiger partial charge in [0.1, 0.15) is 5.75 Å². The Hall–Kier alpha value is -1.04. The first-order valence-electron chi connectivity index (χ1n) is 8.11. The highest BCUT2D eigenvalue weighted by atomic mass is 16.7. The van der Waals surface area contributed by atoms with Crippen LogP contribution in [0.1, 0.15) is 47.0 Å². The fourth-order valence-corrected chi connectivity index (χ4v) is 2.67. The highest BCUT2D eigenvalue weighted by Crippen LogP contribution is 2.36. The minimum atomic E-state index is -0.360. The second-order valence-corrected chi connectivity index (χ2v) is 7.07. The Kier molecular flexibility index (Phi) is 4.23. The van der Waals surface area contributed by atoms with Gasteiger partial charge in [0.05, 0.1) is 17.8 Å². The van der Waals surface area contributed by atoms with Crippen molar-refractivity contribution < 1.29 is 18.8 Å². The highest BCUT2D eigenvalue weighted by molar-refractivity contribution is 6.62. The normalized spacial score (nSPS) is 26.9. The summed E-state index contributed by atoms with van der Waals surface area (Å²) in [6, 6.07) is 7.92. The molecule has 5 heteroatoms. The van der Waals surface area contributed by atoms with Gasteiger partial charge in [0, 0.05) is 6.42 Å². The summed E-state index contributed by atoms with van der Waals surface area (Å²) in [4.78, 5) is 0. The summed E-state index contributed by atoms with van der Waals surface area (Å²) in [5, 5.41) is 0. The van der Waals surface area contributed by atoms with Gasteiger partial charge in [0.15, 0.2) is 6.29 Å². The minimum Gasteiger partial charge on any atom is -0.465 e. The summed E-state index contributed by atoms with van der Waals surface area (Å²) >= 11 is 0. The molecular formula is C17H25BO4. The Morgan fingerprint density at radius 2 is 1.82 bits per heavy atom. The third-order valence-electron chi connectivity index (χ3n) is 4.79. The molecule has 2 aliphatic heterocycles. The van der Waals surface area contributed by atoms with Crippen LogP contribution in [0.3, 0.4) is 0 Å². The van der Waals surface area contributed by atoms with Gasteiger partial charge in [-0.1, -0.05) is 12.1 Å². The van der Waals surface area contributed by atoms with Crippen molar-refractivity contribution in [3.63, 3.8) is 0 Å². The molecule has 0 N–H and O–H groups in total. The molecule has 4 nitrogen and oxygen atoms in total. The van der Waals surface area contributed by atoms with E-state index in [2.05, 4.69) is 27.7 Å². The fraction of sp³-hybridized carbons (Fsp3) is 0.647. The van der Waals surface area contributed by atoms with Gasteiger partial charge in [-0.3, -0.25) is 0 Å².